The van der Waals surface area contributed by atoms with Gasteiger partial charge in [-0.2, -0.15) is 0 Å². The Morgan fingerprint density at radius 3 is 2.78 bits per heavy atom. The molecule has 0 aromatic heterocycles. The molecule has 1 aromatic carbocycles. The number of aliphatic hydroxyl groups is 2. The van der Waals surface area contributed by atoms with Gasteiger partial charge in [0, 0.05) is 6.42 Å². The summed E-state index contributed by atoms with van der Waals surface area (Å²) in [5.41, 5.74) is 4.63. The summed E-state index contributed by atoms with van der Waals surface area (Å²) in [6.07, 6.45) is 14.8. The van der Waals surface area contributed by atoms with Gasteiger partial charge in [-0.1, -0.05) is 62.4 Å². The number of benzene rings is 1. The van der Waals surface area contributed by atoms with E-state index in [0.29, 0.717) is 41.8 Å². The van der Waals surface area contributed by atoms with Crippen molar-refractivity contribution in [2.45, 2.75) is 71.0 Å². The molecule has 3 aliphatic carbocycles. The average molecular weight is 435 g/mol. The first-order valence-corrected chi connectivity index (χ1v) is 12.2. The Kier molecular flexibility index (Phi) is 6.78. The summed E-state index contributed by atoms with van der Waals surface area (Å²) in [5.74, 6) is 2.03. The minimum atomic E-state index is -0.630. The Labute approximate surface area is 192 Å². The lowest BCUT2D eigenvalue weighted by Gasteiger charge is -2.44. The van der Waals surface area contributed by atoms with Crippen molar-refractivity contribution in [3.05, 3.63) is 71.4 Å². The first-order valence-electron chi connectivity index (χ1n) is 12.2. The van der Waals surface area contributed by atoms with Crippen molar-refractivity contribution in [2.24, 2.45) is 23.2 Å². The van der Waals surface area contributed by atoms with Gasteiger partial charge >= 0.3 is 0 Å². The van der Waals surface area contributed by atoms with E-state index in [-0.39, 0.29) is 0 Å². The normalized spacial score (nSPS) is 36.7. The number of fused-ring (bicyclic) bond motifs is 1. The number of hydrogen-bond acceptors (Lipinski definition) is 3. The standard InChI is InChI=1S/C29H38O3/c1-19(9-10-21-6-4-8-24(30)16-21)26-13-14-27-22(7-5-15-29(26,27)3)11-12-23-17-25(31)18-28(32)20(23)2/h4,6,8-12,16,19,25-28,30-32H,2,5,7,13-15,17-18H2,1,3H3/t19-,25+,26+,27-,28-,29+/m0/s1. The van der Waals surface area contributed by atoms with Crippen molar-refractivity contribution in [3.63, 3.8) is 0 Å². The van der Waals surface area contributed by atoms with Gasteiger partial charge in [0.1, 0.15) is 5.75 Å². The van der Waals surface area contributed by atoms with Gasteiger partial charge in [-0.3, -0.25) is 0 Å². The van der Waals surface area contributed by atoms with E-state index in [0.717, 1.165) is 23.1 Å². The van der Waals surface area contributed by atoms with Crippen molar-refractivity contribution in [1.82, 2.24) is 0 Å². The Balaban J connectivity index is 1.51. The molecule has 3 aliphatic rings. The summed E-state index contributed by atoms with van der Waals surface area (Å²) >= 11 is 0. The summed E-state index contributed by atoms with van der Waals surface area (Å²) in [5, 5.41) is 29.9. The van der Waals surface area contributed by atoms with Crippen LogP contribution >= 0.6 is 0 Å². The maximum Gasteiger partial charge on any atom is 0.116 e. The van der Waals surface area contributed by atoms with E-state index in [1.165, 1.54) is 31.3 Å². The lowest BCUT2D eigenvalue weighted by Crippen LogP contribution is -2.35. The number of hydrogen-bond donors (Lipinski definition) is 3. The lowest BCUT2D eigenvalue weighted by atomic mass is 9.61. The number of rotatable bonds is 4. The topological polar surface area (TPSA) is 60.7 Å². The van der Waals surface area contributed by atoms with E-state index >= 15 is 0 Å². The van der Waals surface area contributed by atoms with E-state index in [1.54, 1.807) is 6.07 Å². The van der Waals surface area contributed by atoms with Crippen molar-refractivity contribution < 1.29 is 15.3 Å². The molecule has 172 valence electrons. The minimum absolute atomic E-state index is 0.299. The van der Waals surface area contributed by atoms with Gasteiger partial charge in [0.15, 0.2) is 0 Å². The van der Waals surface area contributed by atoms with Gasteiger partial charge in [0.05, 0.1) is 12.2 Å². The predicted octanol–water partition coefficient (Wildman–Crippen LogP) is 6.18. The zero-order valence-electron chi connectivity index (χ0n) is 19.5. The van der Waals surface area contributed by atoms with Crippen LogP contribution in [-0.2, 0) is 0 Å². The van der Waals surface area contributed by atoms with Crippen LogP contribution in [0.15, 0.2) is 65.8 Å². The van der Waals surface area contributed by atoms with E-state index in [2.05, 4.69) is 44.7 Å². The summed E-state index contributed by atoms with van der Waals surface area (Å²) in [6.45, 7) is 8.89. The molecule has 0 saturated heterocycles. The van der Waals surface area contributed by atoms with Crippen molar-refractivity contribution in [3.8, 4) is 5.75 Å². The van der Waals surface area contributed by atoms with Crippen LogP contribution < -0.4 is 0 Å². The third-order valence-corrected chi connectivity index (χ3v) is 8.40. The van der Waals surface area contributed by atoms with E-state index in [1.807, 2.05) is 18.2 Å². The minimum Gasteiger partial charge on any atom is -0.508 e. The molecule has 0 spiro atoms. The fraction of sp³-hybridized carbons (Fsp3) is 0.517. The highest BCUT2D eigenvalue weighted by Crippen LogP contribution is 2.59. The molecule has 1 aromatic rings. The van der Waals surface area contributed by atoms with Crippen molar-refractivity contribution >= 4 is 6.08 Å². The molecule has 0 amide bonds. The van der Waals surface area contributed by atoms with Crippen molar-refractivity contribution in [2.75, 3.05) is 0 Å². The van der Waals surface area contributed by atoms with Crippen LogP contribution in [-0.4, -0.2) is 27.5 Å². The largest absolute Gasteiger partial charge is 0.508 e. The second-order valence-corrected chi connectivity index (χ2v) is 10.5. The Hall–Kier alpha value is -2.10. The van der Waals surface area contributed by atoms with Crippen molar-refractivity contribution in [1.29, 1.82) is 0 Å². The molecule has 3 N–H and O–H groups in total. The predicted molar refractivity (Wildman–Crippen MR) is 131 cm³/mol. The smallest absolute Gasteiger partial charge is 0.116 e. The van der Waals surface area contributed by atoms with Gasteiger partial charge in [0.2, 0.25) is 0 Å². The average Bonchev–Trinajstić information content (AvgIpc) is 3.11. The Bertz CT molecular complexity index is 939. The molecule has 4 rings (SSSR count). The van der Waals surface area contributed by atoms with Crippen LogP contribution in [0.4, 0.5) is 0 Å². The second kappa shape index (κ2) is 9.41. The summed E-state index contributed by atoms with van der Waals surface area (Å²) in [7, 11) is 0. The van der Waals surface area contributed by atoms with Gasteiger partial charge in [-0.05, 0) is 90.5 Å². The molecular weight excluding hydrogens is 396 g/mol. The molecule has 0 unspecified atom stereocenters. The van der Waals surface area contributed by atoms with E-state index in [4.69, 9.17) is 0 Å². The molecule has 0 heterocycles. The number of aromatic hydroxyl groups is 1. The Morgan fingerprint density at radius 1 is 1.19 bits per heavy atom. The highest BCUT2D eigenvalue weighted by molar-refractivity contribution is 5.51. The van der Waals surface area contributed by atoms with Gasteiger partial charge < -0.3 is 15.3 Å². The molecule has 3 nitrogen and oxygen atoms in total. The summed E-state index contributed by atoms with van der Waals surface area (Å²) in [6, 6.07) is 7.44. The molecule has 3 fully saturated rings. The van der Waals surface area contributed by atoms with Gasteiger partial charge in [0.25, 0.3) is 0 Å². The SMILES string of the molecule is C=C1C(=CC=C2CCC[C@]3(C)[C@@H]([C@@H](C)C=Cc4cccc(O)c4)CC[C@@H]23)C[C@@H](O)C[C@@H]1O. The van der Waals surface area contributed by atoms with E-state index < -0.39 is 12.2 Å². The first kappa shape index (κ1) is 23.1. The third-order valence-electron chi connectivity index (χ3n) is 8.40. The zero-order chi connectivity index (χ0) is 22.9. The van der Waals surface area contributed by atoms with Gasteiger partial charge in [-0.25, -0.2) is 0 Å². The molecule has 3 heteroatoms. The lowest BCUT2D eigenvalue weighted by molar-refractivity contribution is 0.0862. The fourth-order valence-electron chi connectivity index (χ4n) is 6.63. The van der Waals surface area contributed by atoms with E-state index in [9.17, 15) is 15.3 Å². The van der Waals surface area contributed by atoms with Crippen LogP contribution in [0.3, 0.4) is 0 Å². The van der Waals surface area contributed by atoms with Crippen LogP contribution in [0, 0.1) is 23.2 Å². The van der Waals surface area contributed by atoms with Crippen LogP contribution in [0.1, 0.15) is 64.4 Å². The second-order valence-electron chi connectivity index (χ2n) is 10.5. The number of allylic oxidation sites excluding steroid dienone is 4. The molecule has 0 bridgehead atoms. The maximum atomic E-state index is 10.1. The number of phenols is 1. The quantitative estimate of drug-likeness (QED) is 0.530. The third kappa shape index (κ3) is 4.65. The molecule has 32 heavy (non-hydrogen) atoms. The monoisotopic (exact) mass is 434 g/mol. The highest BCUT2D eigenvalue weighted by atomic mass is 16.3. The van der Waals surface area contributed by atoms with Crippen LogP contribution in [0.2, 0.25) is 0 Å². The molecule has 0 aliphatic heterocycles. The molecule has 6 atom stereocenters. The number of aliphatic hydroxyl groups excluding tert-OH is 2. The maximum absolute atomic E-state index is 10.1. The fourth-order valence-corrected chi connectivity index (χ4v) is 6.63. The summed E-state index contributed by atoms with van der Waals surface area (Å²) in [4.78, 5) is 0. The molecule has 3 saturated carbocycles. The Morgan fingerprint density at radius 2 is 2.00 bits per heavy atom. The van der Waals surface area contributed by atoms with Crippen LogP contribution in [0.5, 0.6) is 5.75 Å². The zero-order valence-corrected chi connectivity index (χ0v) is 19.5. The highest BCUT2D eigenvalue weighted by Gasteiger charge is 2.50. The molecule has 0 radical (unpaired) electrons. The first-order chi connectivity index (χ1) is 15.3. The van der Waals surface area contributed by atoms with Gasteiger partial charge in [-0.15, -0.1) is 0 Å². The summed E-state index contributed by atoms with van der Waals surface area (Å²) < 4.78 is 0. The number of phenolic OH excluding ortho intramolecular Hbond substituents is 1. The molecular formula is C29H38O3. The van der Waals surface area contributed by atoms with Crippen LogP contribution in [0.25, 0.3) is 6.08 Å².